The van der Waals surface area contributed by atoms with E-state index in [9.17, 15) is 9.59 Å². The van der Waals surface area contributed by atoms with Gasteiger partial charge in [-0.25, -0.2) is 0 Å². The van der Waals surface area contributed by atoms with Gasteiger partial charge in [-0.15, -0.1) is 0 Å². The van der Waals surface area contributed by atoms with Gasteiger partial charge in [0.15, 0.2) is 0 Å². The summed E-state index contributed by atoms with van der Waals surface area (Å²) in [5.41, 5.74) is 6.65. The second-order valence-corrected chi connectivity index (χ2v) is 7.49. The highest BCUT2D eigenvalue weighted by atomic mass is 16.5. The van der Waals surface area contributed by atoms with E-state index in [4.69, 9.17) is 15.6 Å². The number of nitrogens with zero attached hydrogens (tertiary/aromatic N) is 3. The number of nitrogens with two attached hydrogens (primary N) is 1. The molecule has 2 heterocycles. The number of fused-ring (bicyclic) bond motifs is 1. The van der Waals surface area contributed by atoms with Crippen LogP contribution in [0.4, 0.5) is 0 Å². The van der Waals surface area contributed by atoms with Crippen LogP contribution in [-0.2, 0) is 4.79 Å². The lowest BCUT2D eigenvalue weighted by Gasteiger charge is -2.42. The van der Waals surface area contributed by atoms with Gasteiger partial charge in [-0.1, -0.05) is 0 Å². The number of amides is 2. The van der Waals surface area contributed by atoms with Crippen LogP contribution in [0.1, 0.15) is 54.9 Å². The van der Waals surface area contributed by atoms with Crippen molar-refractivity contribution in [2.45, 2.75) is 50.1 Å². The summed E-state index contributed by atoms with van der Waals surface area (Å²) in [5.74, 6) is 0.202. The van der Waals surface area contributed by atoms with Gasteiger partial charge in [-0.3, -0.25) is 14.3 Å². The molecule has 0 atom stereocenters. The van der Waals surface area contributed by atoms with Gasteiger partial charge in [0.05, 0.1) is 24.2 Å². The molecule has 2 aliphatic rings. The second kappa shape index (κ2) is 6.00. The van der Waals surface area contributed by atoms with Crippen LogP contribution in [0.25, 0.3) is 10.9 Å². The van der Waals surface area contributed by atoms with E-state index < -0.39 is 5.91 Å². The maximum atomic E-state index is 11.9. The molecule has 0 bridgehead atoms. The molecular formula is C19H24N4O3. The Balaban J connectivity index is 1.58. The molecule has 138 valence electrons. The molecule has 4 rings (SSSR count). The fourth-order valence-electron chi connectivity index (χ4n) is 4.55. The molecule has 1 aromatic heterocycles. The van der Waals surface area contributed by atoms with E-state index in [1.165, 1.54) is 7.11 Å². The van der Waals surface area contributed by atoms with Gasteiger partial charge in [0.25, 0.3) is 5.91 Å². The Bertz CT molecular complexity index is 880. The highest BCUT2D eigenvalue weighted by Crippen LogP contribution is 2.44. The van der Waals surface area contributed by atoms with Gasteiger partial charge in [-0.05, 0) is 38.2 Å². The number of ether oxygens (including phenoxy) is 1. The van der Waals surface area contributed by atoms with Crippen LogP contribution in [0.3, 0.4) is 0 Å². The van der Waals surface area contributed by atoms with Crippen LogP contribution in [0, 0.1) is 0 Å². The molecule has 2 amide bonds. The highest BCUT2D eigenvalue weighted by molar-refractivity contribution is 6.00. The second-order valence-electron chi connectivity index (χ2n) is 7.49. The number of primary amides is 1. The summed E-state index contributed by atoms with van der Waals surface area (Å²) in [5, 5.41) is 5.58. The van der Waals surface area contributed by atoms with Gasteiger partial charge in [0, 0.05) is 36.7 Å². The first-order chi connectivity index (χ1) is 12.4. The number of rotatable bonds is 3. The van der Waals surface area contributed by atoms with Crippen LogP contribution in [-0.4, -0.2) is 46.2 Å². The van der Waals surface area contributed by atoms with Crippen molar-refractivity contribution in [1.82, 2.24) is 14.7 Å². The number of likely N-dealkylation sites (tertiary alicyclic amines) is 1. The number of methoxy groups -OCH3 is 1. The van der Waals surface area contributed by atoms with Crippen molar-refractivity contribution >= 4 is 22.7 Å². The van der Waals surface area contributed by atoms with Gasteiger partial charge >= 0.3 is 0 Å². The number of aromatic nitrogens is 2. The van der Waals surface area contributed by atoms with Crippen molar-refractivity contribution in [3.8, 4) is 5.75 Å². The summed E-state index contributed by atoms with van der Waals surface area (Å²) in [6, 6.07) is 3.81. The van der Waals surface area contributed by atoms with Gasteiger partial charge < -0.3 is 15.4 Å². The third kappa shape index (κ3) is 2.53. The Morgan fingerprint density at radius 3 is 2.62 bits per heavy atom. The van der Waals surface area contributed by atoms with Gasteiger partial charge in [0.1, 0.15) is 5.75 Å². The smallest absolute Gasteiger partial charge is 0.252 e. The van der Waals surface area contributed by atoms with E-state index in [2.05, 4.69) is 0 Å². The quantitative estimate of drug-likeness (QED) is 0.913. The molecule has 0 unspecified atom stereocenters. The minimum absolute atomic E-state index is 0.0442. The van der Waals surface area contributed by atoms with Crippen molar-refractivity contribution in [2.24, 2.45) is 5.73 Å². The summed E-state index contributed by atoms with van der Waals surface area (Å²) in [7, 11) is 3.46. The Labute approximate surface area is 152 Å². The fraction of sp³-hybridized carbons (Fsp3) is 0.526. The van der Waals surface area contributed by atoms with Crippen molar-refractivity contribution in [1.29, 1.82) is 0 Å². The molecule has 1 aliphatic heterocycles. The van der Waals surface area contributed by atoms with E-state index >= 15 is 0 Å². The number of carbonyl (C=O) groups excluding carboxylic acids is 2. The number of hydrogen-bond acceptors (Lipinski definition) is 4. The van der Waals surface area contributed by atoms with Crippen LogP contribution in [0.15, 0.2) is 18.3 Å². The SMILES string of the molecule is COc1cc2nn(C3CCC4(CCC(=O)N4C)CC3)cc2cc1C(N)=O. The highest BCUT2D eigenvalue weighted by Gasteiger charge is 2.45. The molecule has 1 spiro atoms. The van der Waals surface area contributed by atoms with E-state index in [-0.39, 0.29) is 11.4 Å². The average Bonchev–Trinajstić information content (AvgIpc) is 3.18. The Kier molecular flexibility index (Phi) is 3.89. The Hall–Kier alpha value is -2.57. The minimum Gasteiger partial charge on any atom is -0.496 e. The normalized spacial score (nSPS) is 26.0. The maximum Gasteiger partial charge on any atom is 0.252 e. The van der Waals surface area contributed by atoms with E-state index in [0.29, 0.717) is 23.8 Å². The van der Waals surface area contributed by atoms with E-state index in [0.717, 1.165) is 43.0 Å². The summed E-state index contributed by atoms with van der Waals surface area (Å²) in [4.78, 5) is 25.5. The molecule has 2 fully saturated rings. The Morgan fingerprint density at radius 1 is 1.31 bits per heavy atom. The minimum atomic E-state index is -0.509. The number of benzene rings is 1. The largest absolute Gasteiger partial charge is 0.496 e. The Morgan fingerprint density at radius 2 is 2.04 bits per heavy atom. The molecule has 1 saturated carbocycles. The molecule has 0 radical (unpaired) electrons. The van der Waals surface area contributed by atoms with E-state index in [1.54, 1.807) is 12.1 Å². The van der Waals surface area contributed by atoms with Crippen LogP contribution >= 0.6 is 0 Å². The lowest BCUT2D eigenvalue weighted by atomic mass is 9.78. The molecule has 7 heteroatoms. The van der Waals surface area contributed by atoms with Crippen LogP contribution in [0.5, 0.6) is 5.75 Å². The number of carbonyl (C=O) groups is 2. The topological polar surface area (TPSA) is 90.5 Å². The lowest BCUT2D eigenvalue weighted by molar-refractivity contribution is -0.130. The summed E-state index contributed by atoms with van der Waals surface area (Å²) >= 11 is 0. The zero-order chi connectivity index (χ0) is 18.5. The zero-order valence-corrected chi connectivity index (χ0v) is 15.2. The predicted molar refractivity (Wildman–Crippen MR) is 97.0 cm³/mol. The summed E-state index contributed by atoms with van der Waals surface area (Å²) in [6.07, 6.45) is 7.61. The molecular weight excluding hydrogens is 332 g/mol. The standard InChI is InChI=1S/C19H24N4O3/c1-22-17(24)5-8-19(22)6-3-13(4-7-19)23-11-12-9-14(18(20)25)16(26-2)10-15(12)21-23/h9-11,13H,3-8H2,1-2H3,(H2,20,25). The van der Waals surface area contributed by atoms with Crippen molar-refractivity contribution in [2.75, 3.05) is 14.2 Å². The third-order valence-electron chi connectivity index (χ3n) is 6.26. The first kappa shape index (κ1) is 16.9. The predicted octanol–water partition coefficient (Wildman–Crippen LogP) is 2.25. The molecule has 26 heavy (non-hydrogen) atoms. The van der Waals surface area contributed by atoms with Crippen molar-refractivity contribution < 1.29 is 14.3 Å². The first-order valence-corrected chi connectivity index (χ1v) is 9.07. The molecule has 1 aliphatic carbocycles. The first-order valence-electron chi connectivity index (χ1n) is 9.07. The molecule has 2 N–H and O–H groups in total. The molecule has 7 nitrogen and oxygen atoms in total. The number of hydrogen-bond donors (Lipinski definition) is 1. The monoisotopic (exact) mass is 356 g/mol. The van der Waals surface area contributed by atoms with Crippen molar-refractivity contribution in [3.63, 3.8) is 0 Å². The zero-order valence-electron chi connectivity index (χ0n) is 15.2. The summed E-state index contributed by atoms with van der Waals surface area (Å²) < 4.78 is 7.27. The lowest BCUT2D eigenvalue weighted by Crippen LogP contribution is -2.46. The molecule has 2 aromatic rings. The van der Waals surface area contributed by atoms with Crippen LogP contribution in [0.2, 0.25) is 0 Å². The van der Waals surface area contributed by atoms with Gasteiger partial charge in [-0.2, -0.15) is 5.10 Å². The average molecular weight is 356 g/mol. The van der Waals surface area contributed by atoms with Crippen LogP contribution < -0.4 is 10.5 Å². The molecule has 1 aromatic carbocycles. The summed E-state index contributed by atoms with van der Waals surface area (Å²) in [6.45, 7) is 0. The van der Waals surface area contributed by atoms with E-state index in [1.807, 2.05) is 22.8 Å². The third-order valence-corrected chi connectivity index (χ3v) is 6.26. The maximum absolute atomic E-state index is 11.9. The van der Waals surface area contributed by atoms with Gasteiger partial charge in [0.2, 0.25) is 5.91 Å². The van der Waals surface area contributed by atoms with Crippen molar-refractivity contribution in [3.05, 3.63) is 23.9 Å². The molecule has 1 saturated heterocycles. The fourth-order valence-corrected chi connectivity index (χ4v) is 4.55.